The fourth-order valence-corrected chi connectivity index (χ4v) is 3.61. The number of hydrogen-bond acceptors (Lipinski definition) is 2. The Morgan fingerprint density at radius 2 is 1.65 bits per heavy atom. The minimum Gasteiger partial charge on any atom is -0.312 e. The number of rotatable bonds is 8. The molecule has 1 fully saturated rings. The summed E-state index contributed by atoms with van der Waals surface area (Å²) in [5.74, 6) is 0. The monoisotopic (exact) mass is 240 g/mol. The Bertz CT molecular complexity index is 193. The molecule has 1 rings (SSSR count). The molecule has 0 aliphatic carbocycles. The Morgan fingerprint density at radius 3 is 2.06 bits per heavy atom. The van der Waals surface area contributed by atoms with Crippen molar-refractivity contribution in [1.82, 2.24) is 10.2 Å². The molecule has 0 bridgehead atoms. The van der Waals surface area contributed by atoms with Crippen LogP contribution < -0.4 is 5.32 Å². The van der Waals surface area contributed by atoms with Gasteiger partial charge < -0.3 is 5.32 Å². The second-order valence-electron chi connectivity index (χ2n) is 5.42. The van der Waals surface area contributed by atoms with E-state index in [1.807, 2.05) is 0 Å². The van der Waals surface area contributed by atoms with Gasteiger partial charge in [-0.15, -0.1) is 0 Å². The summed E-state index contributed by atoms with van der Waals surface area (Å²) in [6, 6.07) is 0.663. The standard InChI is InChI=1S/C15H32N2/c1-5-11-16-14(6-2)15(7-3,8-4)17-12-9-10-13-17/h14,16H,5-13H2,1-4H3. The normalized spacial score (nSPS) is 19.8. The van der Waals surface area contributed by atoms with Gasteiger partial charge in [0, 0.05) is 11.6 Å². The van der Waals surface area contributed by atoms with Crippen molar-refractivity contribution in [2.75, 3.05) is 19.6 Å². The summed E-state index contributed by atoms with van der Waals surface area (Å²) in [7, 11) is 0. The molecule has 0 saturated carbocycles. The fourth-order valence-electron chi connectivity index (χ4n) is 3.61. The topological polar surface area (TPSA) is 15.3 Å². The summed E-state index contributed by atoms with van der Waals surface area (Å²) in [4.78, 5) is 2.77. The van der Waals surface area contributed by atoms with E-state index in [-0.39, 0.29) is 0 Å². The first-order valence-corrected chi connectivity index (χ1v) is 7.73. The molecule has 0 aromatic heterocycles. The second-order valence-corrected chi connectivity index (χ2v) is 5.42. The zero-order valence-electron chi connectivity index (χ0n) is 12.4. The molecule has 1 unspecified atom stereocenters. The van der Waals surface area contributed by atoms with E-state index in [1.165, 1.54) is 51.6 Å². The van der Waals surface area contributed by atoms with E-state index >= 15 is 0 Å². The lowest BCUT2D eigenvalue weighted by atomic mass is 9.81. The molecule has 2 nitrogen and oxygen atoms in total. The first-order chi connectivity index (χ1) is 8.25. The number of nitrogens with zero attached hydrogens (tertiary/aromatic N) is 1. The molecule has 2 heteroatoms. The summed E-state index contributed by atoms with van der Waals surface area (Å²) >= 11 is 0. The average Bonchev–Trinajstić information content (AvgIpc) is 2.89. The molecule has 0 aromatic carbocycles. The maximum atomic E-state index is 3.80. The van der Waals surface area contributed by atoms with Crippen LogP contribution in [-0.4, -0.2) is 36.1 Å². The summed E-state index contributed by atoms with van der Waals surface area (Å²) in [5, 5.41) is 3.80. The van der Waals surface area contributed by atoms with Gasteiger partial charge in [-0.3, -0.25) is 4.90 Å². The van der Waals surface area contributed by atoms with Gasteiger partial charge in [-0.1, -0.05) is 27.7 Å². The van der Waals surface area contributed by atoms with E-state index in [0.717, 1.165) is 6.54 Å². The Hall–Kier alpha value is -0.0800. The fraction of sp³-hybridized carbons (Fsp3) is 1.00. The molecule has 102 valence electrons. The average molecular weight is 240 g/mol. The Balaban J connectivity index is 2.78. The maximum Gasteiger partial charge on any atom is 0.0357 e. The Morgan fingerprint density at radius 1 is 1.06 bits per heavy atom. The van der Waals surface area contributed by atoms with Gasteiger partial charge in [-0.2, -0.15) is 0 Å². The molecule has 0 spiro atoms. The minimum absolute atomic E-state index is 0.403. The highest BCUT2D eigenvalue weighted by atomic mass is 15.2. The summed E-state index contributed by atoms with van der Waals surface area (Å²) in [6.07, 6.45) is 7.83. The van der Waals surface area contributed by atoms with E-state index in [4.69, 9.17) is 0 Å². The lowest BCUT2D eigenvalue weighted by Gasteiger charge is -2.47. The SMILES string of the molecule is CCCNC(CC)C(CC)(CC)N1CCCC1. The van der Waals surface area contributed by atoms with E-state index in [9.17, 15) is 0 Å². The highest BCUT2D eigenvalue weighted by Gasteiger charge is 2.40. The van der Waals surface area contributed by atoms with Gasteiger partial charge in [-0.25, -0.2) is 0 Å². The van der Waals surface area contributed by atoms with Crippen molar-refractivity contribution < 1.29 is 0 Å². The lowest BCUT2D eigenvalue weighted by molar-refractivity contribution is 0.0605. The smallest absolute Gasteiger partial charge is 0.0357 e. The van der Waals surface area contributed by atoms with E-state index < -0.39 is 0 Å². The molecule has 1 saturated heterocycles. The highest BCUT2D eigenvalue weighted by molar-refractivity contribution is 4.99. The van der Waals surface area contributed by atoms with Crippen LogP contribution in [0.4, 0.5) is 0 Å². The van der Waals surface area contributed by atoms with Crippen LogP contribution in [0.3, 0.4) is 0 Å². The molecule has 1 atom stereocenters. The number of nitrogens with one attached hydrogen (secondary N) is 1. The van der Waals surface area contributed by atoms with Crippen molar-refractivity contribution in [2.24, 2.45) is 0 Å². The molecular weight excluding hydrogens is 208 g/mol. The zero-order chi connectivity index (χ0) is 12.7. The highest BCUT2D eigenvalue weighted by Crippen LogP contribution is 2.32. The largest absolute Gasteiger partial charge is 0.312 e. The number of likely N-dealkylation sites (tertiary alicyclic amines) is 1. The predicted octanol–water partition coefficient (Wildman–Crippen LogP) is 3.42. The summed E-state index contributed by atoms with van der Waals surface area (Å²) in [5.41, 5.74) is 0.403. The lowest BCUT2D eigenvalue weighted by Crippen LogP contribution is -2.60. The van der Waals surface area contributed by atoms with Crippen molar-refractivity contribution in [3.63, 3.8) is 0 Å². The van der Waals surface area contributed by atoms with Crippen LogP contribution >= 0.6 is 0 Å². The first kappa shape index (κ1) is 15.0. The van der Waals surface area contributed by atoms with Crippen LogP contribution in [0.5, 0.6) is 0 Å². The third-order valence-corrected chi connectivity index (χ3v) is 4.66. The quantitative estimate of drug-likeness (QED) is 0.699. The third kappa shape index (κ3) is 3.23. The van der Waals surface area contributed by atoms with Crippen LogP contribution in [0.1, 0.15) is 66.2 Å². The molecule has 17 heavy (non-hydrogen) atoms. The Labute approximate surface area is 108 Å². The molecule has 0 radical (unpaired) electrons. The molecule has 0 aromatic rings. The van der Waals surface area contributed by atoms with Crippen LogP contribution in [0.2, 0.25) is 0 Å². The van der Waals surface area contributed by atoms with Gasteiger partial charge in [0.2, 0.25) is 0 Å². The van der Waals surface area contributed by atoms with Crippen molar-refractivity contribution >= 4 is 0 Å². The molecule has 0 amide bonds. The van der Waals surface area contributed by atoms with Gasteiger partial charge in [0.25, 0.3) is 0 Å². The molecule has 1 heterocycles. The molecule has 1 N–H and O–H groups in total. The third-order valence-electron chi connectivity index (χ3n) is 4.66. The molecule has 1 aliphatic rings. The second kappa shape index (κ2) is 7.38. The van der Waals surface area contributed by atoms with Crippen molar-refractivity contribution in [3.05, 3.63) is 0 Å². The molecule has 1 aliphatic heterocycles. The van der Waals surface area contributed by atoms with Crippen LogP contribution in [-0.2, 0) is 0 Å². The maximum absolute atomic E-state index is 3.80. The summed E-state index contributed by atoms with van der Waals surface area (Å²) < 4.78 is 0. The summed E-state index contributed by atoms with van der Waals surface area (Å²) in [6.45, 7) is 13.1. The Kier molecular flexibility index (Phi) is 6.50. The van der Waals surface area contributed by atoms with Gasteiger partial charge in [-0.05, 0) is 58.2 Å². The van der Waals surface area contributed by atoms with Gasteiger partial charge in [0.1, 0.15) is 0 Å². The van der Waals surface area contributed by atoms with Gasteiger partial charge >= 0.3 is 0 Å². The van der Waals surface area contributed by atoms with E-state index in [2.05, 4.69) is 37.9 Å². The van der Waals surface area contributed by atoms with Crippen molar-refractivity contribution in [1.29, 1.82) is 0 Å². The van der Waals surface area contributed by atoms with Crippen LogP contribution in [0.15, 0.2) is 0 Å². The van der Waals surface area contributed by atoms with Gasteiger partial charge in [0.15, 0.2) is 0 Å². The van der Waals surface area contributed by atoms with Crippen molar-refractivity contribution in [3.8, 4) is 0 Å². The number of hydrogen-bond donors (Lipinski definition) is 1. The van der Waals surface area contributed by atoms with Crippen LogP contribution in [0.25, 0.3) is 0 Å². The zero-order valence-corrected chi connectivity index (χ0v) is 12.4. The minimum atomic E-state index is 0.403. The van der Waals surface area contributed by atoms with Crippen LogP contribution in [0, 0.1) is 0 Å². The van der Waals surface area contributed by atoms with Crippen molar-refractivity contribution in [2.45, 2.75) is 77.8 Å². The first-order valence-electron chi connectivity index (χ1n) is 7.73. The van der Waals surface area contributed by atoms with Gasteiger partial charge in [0.05, 0.1) is 0 Å². The van der Waals surface area contributed by atoms with E-state index in [1.54, 1.807) is 0 Å². The molecular formula is C15H32N2. The van der Waals surface area contributed by atoms with E-state index in [0.29, 0.717) is 11.6 Å². The predicted molar refractivity (Wildman–Crippen MR) is 76.5 cm³/mol.